The molecule has 0 aliphatic rings. The van der Waals surface area contributed by atoms with Gasteiger partial charge in [0.25, 0.3) is 0 Å². The van der Waals surface area contributed by atoms with Crippen molar-refractivity contribution >= 4 is 18.9 Å². The molecule has 0 fully saturated rings. The molecule has 1 heterocycles. The van der Waals surface area contributed by atoms with Crippen LogP contribution >= 0.6 is 18.9 Å². The maximum Gasteiger partial charge on any atom is 0.416 e. The van der Waals surface area contributed by atoms with Crippen molar-refractivity contribution in [2.45, 2.75) is 52.3 Å². The molecule has 3 aromatic rings. The summed E-state index contributed by atoms with van der Waals surface area (Å²) in [6.45, 7) is 5.23. The molecule has 0 radical (unpaired) electrons. The fourth-order valence-electron chi connectivity index (χ4n) is 4.20. The molecule has 0 aliphatic heterocycles. The zero-order valence-corrected chi connectivity index (χ0v) is 23.3. The maximum absolute atomic E-state index is 13.6. The van der Waals surface area contributed by atoms with Crippen LogP contribution in [0, 0.1) is 5.92 Å². The number of alkyl halides is 3. The Labute approximate surface area is 226 Å². The number of thiophene rings is 1. The van der Waals surface area contributed by atoms with Gasteiger partial charge >= 0.3 is 13.8 Å². The Morgan fingerprint density at radius 1 is 1.05 bits per heavy atom. The Kier molecular flexibility index (Phi) is 11.0. The van der Waals surface area contributed by atoms with E-state index in [1.165, 1.54) is 6.07 Å². The van der Waals surface area contributed by atoms with Crippen molar-refractivity contribution in [2.24, 2.45) is 5.92 Å². The summed E-state index contributed by atoms with van der Waals surface area (Å²) in [5.41, 5.74) is 2.39. The van der Waals surface area contributed by atoms with Crippen molar-refractivity contribution in [3.63, 3.8) is 0 Å². The monoisotopic (exact) mass is 569 g/mol. The Morgan fingerprint density at radius 3 is 2.47 bits per heavy atom. The van der Waals surface area contributed by atoms with Crippen LogP contribution < -0.4 is 10.1 Å². The highest BCUT2D eigenvalue weighted by Crippen LogP contribution is 2.36. The Balaban J connectivity index is 1.60. The van der Waals surface area contributed by atoms with Gasteiger partial charge in [-0.3, -0.25) is 4.57 Å². The molecule has 0 spiro atoms. The topological polar surface area (TPSA) is 78.8 Å². The SMILES string of the molecule is CC(C)Cc1ccc(CCCOc2ccc(CNCCCP(=O)(O)O)cc2-c2cccs2)cc1C(F)(F)F. The van der Waals surface area contributed by atoms with Crippen LogP contribution in [0.1, 0.15) is 48.9 Å². The summed E-state index contributed by atoms with van der Waals surface area (Å²) in [6.07, 6.45) is -2.68. The van der Waals surface area contributed by atoms with Gasteiger partial charge in [0.2, 0.25) is 0 Å². The molecule has 0 saturated carbocycles. The number of hydrogen-bond acceptors (Lipinski definition) is 4. The van der Waals surface area contributed by atoms with E-state index in [1.807, 2.05) is 49.6 Å². The summed E-state index contributed by atoms with van der Waals surface area (Å²) in [7, 11) is -3.98. The molecule has 0 saturated heterocycles. The van der Waals surface area contributed by atoms with Crippen LogP contribution in [-0.4, -0.2) is 29.1 Å². The van der Waals surface area contributed by atoms with E-state index in [2.05, 4.69) is 5.32 Å². The second-order valence-corrected chi connectivity index (χ2v) is 12.5. The quantitative estimate of drug-likeness (QED) is 0.140. The molecular formula is C28H35F3NO4PS. The molecule has 0 amide bonds. The van der Waals surface area contributed by atoms with Crippen molar-refractivity contribution in [1.29, 1.82) is 0 Å². The van der Waals surface area contributed by atoms with Gasteiger partial charge in [-0.2, -0.15) is 13.2 Å². The van der Waals surface area contributed by atoms with Crippen molar-refractivity contribution in [2.75, 3.05) is 19.3 Å². The van der Waals surface area contributed by atoms with Gasteiger partial charge in [-0.1, -0.05) is 38.1 Å². The first-order valence-electron chi connectivity index (χ1n) is 12.7. The number of ether oxygens (including phenoxy) is 1. The lowest BCUT2D eigenvalue weighted by Crippen LogP contribution is -2.16. The summed E-state index contributed by atoms with van der Waals surface area (Å²) >= 11 is 1.59. The number of benzene rings is 2. The molecule has 2 aromatic carbocycles. The van der Waals surface area contributed by atoms with E-state index in [1.54, 1.807) is 23.5 Å². The largest absolute Gasteiger partial charge is 0.493 e. The number of hydrogen-bond donors (Lipinski definition) is 3. The zero-order valence-electron chi connectivity index (χ0n) is 21.6. The molecule has 5 nitrogen and oxygen atoms in total. The van der Waals surface area contributed by atoms with E-state index >= 15 is 0 Å². The minimum absolute atomic E-state index is 0.142. The number of aryl methyl sites for hydroxylation is 1. The number of halogens is 3. The highest BCUT2D eigenvalue weighted by atomic mass is 32.1. The molecule has 1 aromatic heterocycles. The molecule has 208 valence electrons. The van der Waals surface area contributed by atoms with Crippen LogP contribution in [0.15, 0.2) is 53.9 Å². The van der Waals surface area contributed by atoms with Gasteiger partial charge in [0.1, 0.15) is 5.75 Å². The van der Waals surface area contributed by atoms with Gasteiger partial charge in [0, 0.05) is 17.0 Å². The first-order chi connectivity index (χ1) is 17.9. The Bertz CT molecular complexity index is 1210. The fourth-order valence-corrected chi connectivity index (χ4v) is 5.52. The minimum Gasteiger partial charge on any atom is -0.493 e. The summed E-state index contributed by atoms with van der Waals surface area (Å²) in [4.78, 5) is 19.0. The lowest BCUT2D eigenvalue weighted by molar-refractivity contribution is -0.138. The normalized spacial score (nSPS) is 12.3. The van der Waals surface area contributed by atoms with Crippen LogP contribution in [-0.2, 0) is 30.1 Å². The Morgan fingerprint density at radius 2 is 1.82 bits per heavy atom. The highest BCUT2D eigenvalue weighted by Gasteiger charge is 2.33. The third-order valence-corrected chi connectivity index (χ3v) is 7.74. The van der Waals surface area contributed by atoms with Crippen LogP contribution in [0.3, 0.4) is 0 Å². The van der Waals surface area contributed by atoms with E-state index in [9.17, 15) is 17.7 Å². The average molecular weight is 570 g/mol. The summed E-state index contributed by atoms with van der Waals surface area (Å²) in [5, 5.41) is 5.18. The molecule has 0 aliphatic carbocycles. The molecule has 0 unspecified atom stereocenters. The van der Waals surface area contributed by atoms with Gasteiger partial charge in [-0.25, -0.2) is 0 Å². The first-order valence-corrected chi connectivity index (χ1v) is 15.3. The second-order valence-electron chi connectivity index (χ2n) is 9.77. The lowest BCUT2D eigenvalue weighted by atomic mass is 9.95. The van der Waals surface area contributed by atoms with Gasteiger partial charge in [-0.15, -0.1) is 11.3 Å². The standard InChI is InChI=1S/C28H35F3NO4PS/c1-20(2)16-23-10-8-21(18-25(23)28(29,30)31)6-3-13-36-26-11-9-22(17-24(26)27-7-4-15-38-27)19-32-12-5-14-37(33,34)35/h4,7-11,15,17-18,20,32H,3,5-6,12-14,16,19H2,1-2H3,(H2,33,34,35). The van der Waals surface area contributed by atoms with Crippen LogP contribution in [0.4, 0.5) is 13.2 Å². The summed E-state index contributed by atoms with van der Waals surface area (Å²) in [5.74, 6) is 0.851. The Hall–Kier alpha value is -2.16. The molecule has 0 atom stereocenters. The van der Waals surface area contributed by atoms with Crippen molar-refractivity contribution < 1.29 is 32.3 Å². The van der Waals surface area contributed by atoms with E-state index in [-0.39, 0.29) is 12.1 Å². The molecule has 0 bridgehead atoms. The maximum atomic E-state index is 13.6. The number of nitrogens with one attached hydrogen (secondary N) is 1. The third kappa shape index (κ3) is 9.86. The van der Waals surface area contributed by atoms with Crippen molar-refractivity contribution in [1.82, 2.24) is 5.32 Å². The number of rotatable bonds is 14. The zero-order chi connectivity index (χ0) is 27.8. The van der Waals surface area contributed by atoms with E-state index < -0.39 is 19.3 Å². The van der Waals surface area contributed by atoms with E-state index in [0.717, 1.165) is 16.0 Å². The van der Waals surface area contributed by atoms with Crippen molar-refractivity contribution in [3.8, 4) is 16.2 Å². The molecule has 38 heavy (non-hydrogen) atoms. The molecule has 10 heteroatoms. The van der Waals surface area contributed by atoms with E-state index in [4.69, 9.17) is 14.5 Å². The lowest BCUT2D eigenvalue weighted by Gasteiger charge is -2.16. The van der Waals surface area contributed by atoms with E-state index in [0.29, 0.717) is 62.3 Å². The van der Waals surface area contributed by atoms with Crippen LogP contribution in [0.2, 0.25) is 0 Å². The van der Waals surface area contributed by atoms with Gasteiger partial charge < -0.3 is 19.8 Å². The fraction of sp³-hybridized carbons (Fsp3) is 0.429. The molecule has 3 rings (SSSR count). The minimum atomic E-state index is -4.37. The van der Waals surface area contributed by atoms with Gasteiger partial charge in [0.05, 0.1) is 18.3 Å². The predicted octanol–water partition coefficient (Wildman–Crippen LogP) is 7.30. The highest BCUT2D eigenvalue weighted by molar-refractivity contribution is 7.51. The third-order valence-electron chi connectivity index (χ3n) is 5.94. The van der Waals surface area contributed by atoms with Gasteiger partial charge in [0.15, 0.2) is 0 Å². The van der Waals surface area contributed by atoms with Crippen LogP contribution in [0.5, 0.6) is 5.75 Å². The van der Waals surface area contributed by atoms with Gasteiger partial charge in [-0.05, 0) is 84.5 Å². The first kappa shape index (κ1) is 30.4. The van der Waals surface area contributed by atoms with Crippen molar-refractivity contribution in [3.05, 3.63) is 76.2 Å². The smallest absolute Gasteiger partial charge is 0.416 e. The summed E-state index contributed by atoms with van der Waals surface area (Å²) in [6, 6.07) is 14.5. The average Bonchev–Trinajstić information content (AvgIpc) is 3.36. The van der Waals surface area contributed by atoms with Crippen LogP contribution in [0.25, 0.3) is 10.4 Å². The molecule has 3 N–H and O–H groups in total. The molecular weight excluding hydrogens is 534 g/mol. The summed E-state index contributed by atoms with van der Waals surface area (Å²) < 4.78 is 57.9. The second kappa shape index (κ2) is 13.8. The predicted molar refractivity (Wildman–Crippen MR) is 147 cm³/mol.